The lowest BCUT2D eigenvalue weighted by atomic mass is 9.95. The van der Waals surface area contributed by atoms with Crippen LogP contribution in [0.25, 0.3) is 0 Å². The van der Waals surface area contributed by atoms with Crippen LogP contribution in [0, 0.1) is 5.92 Å². The molecule has 0 aliphatic carbocycles. The van der Waals surface area contributed by atoms with E-state index in [-0.39, 0.29) is 0 Å². The van der Waals surface area contributed by atoms with Crippen LogP contribution in [0.2, 0.25) is 0 Å². The summed E-state index contributed by atoms with van der Waals surface area (Å²) in [5, 5.41) is 3.56. The Bertz CT molecular complexity index is 171. The van der Waals surface area contributed by atoms with Gasteiger partial charge in [0.1, 0.15) is 0 Å². The van der Waals surface area contributed by atoms with Gasteiger partial charge in [-0.3, -0.25) is 0 Å². The number of rotatable bonds is 4. The smallest absolute Gasteiger partial charge is 0.180 e. The highest BCUT2D eigenvalue weighted by molar-refractivity contribution is 7.80. The lowest BCUT2D eigenvalue weighted by Crippen LogP contribution is -2.40. The molecule has 14 heavy (non-hydrogen) atoms. The molecular weight excluding hydrogens is 198 g/mol. The molecule has 0 amide bonds. The second-order valence-electron chi connectivity index (χ2n) is 3.60. The van der Waals surface area contributed by atoms with E-state index in [9.17, 15) is 0 Å². The maximum Gasteiger partial charge on any atom is 0.180 e. The third-order valence-corrected chi connectivity index (χ3v) is 2.81. The summed E-state index contributed by atoms with van der Waals surface area (Å²) in [5.41, 5.74) is 2.40. The Morgan fingerprint density at radius 2 is 2.14 bits per heavy atom. The monoisotopic (exact) mass is 217 g/mol. The first-order valence-corrected chi connectivity index (χ1v) is 5.56. The minimum Gasteiger partial charge on any atom is -0.381 e. The molecule has 1 rings (SSSR count). The quantitative estimate of drug-likeness (QED) is 0.277. The Morgan fingerprint density at radius 3 is 2.79 bits per heavy atom. The van der Waals surface area contributed by atoms with Gasteiger partial charge in [0.2, 0.25) is 0 Å². The zero-order valence-corrected chi connectivity index (χ0v) is 9.24. The third kappa shape index (κ3) is 4.74. The van der Waals surface area contributed by atoms with Crippen LogP contribution in [-0.2, 0) is 4.74 Å². The van der Waals surface area contributed by atoms with Crippen LogP contribution in [0.15, 0.2) is 0 Å². The largest absolute Gasteiger partial charge is 0.381 e. The van der Waals surface area contributed by atoms with Gasteiger partial charge >= 0.3 is 0 Å². The van der Waals surface area contributed by atoms with E-state index in [4.69, 9.17) is 22.8 Å². The molecule has 0 radical (unpaired) electrons. The molecule has 1 fully saturated rings. The van der Waals surface area contributed by atoms with Crippen molar-refractivity contribution < 1.29 is 4.74 Å². The number of thiocarbonyl (C=S) groups is 1. The maximum atomic E-state index is 5.30. The van der Waals surface area contributed by atoms with E-state index in [2.05, 4.69) is 10.7 Å². The third-order valence-electron chi connectivity index (χ3n) is 2.55. The van der Waals surface area contributed by atoms with Crippen molar-refractivity contribution in [3.05, 3.63) is 0 Å². The van der Waals surface area contributed by atoms with Crippen LogP contribution < -0.4 is 16.6 Å². The summed E-state index contributed by atoms with van der Waals surface area (Å²) in [5.74, 6) is 5.96. The summed E-state index contributed by atoms with van der Waals surface area (Å²) in [6.07, 6.45) is 4.81. The van der Waals surface area contributed by atoms with Crippen molar-refractivity contribution in [1.29, 1.82) is 0 Å². The van der Waals surface area contributed by atoms with Crippen LogP contribution >= 0.6 is 12.2 Å². The predicted molar refractivity (Wildman–Crippen MR) is 60.7 cm³/mol. The molecule has 1 heterocycles. The molecule has 1 aliphatic rings. The van der Waals surface area contributed by atoms with Crippen molar-refractivity contribution in [3.63, 3.8) is 0 Å². The molecule has 0 aromatic rings. The molecule has 0 aromatic heterocycles. The van der Waals surface area contributed by atoms with Crippen LogP contribution in [0.5, 0.6) is 0 Å². The van der Waals surface area contributed by atoms with Crippen molar-refractivity contribution in [1.82, 2.24) is 10.7 Å². The van der Waals surface area contributed by atoms with E-state index >= 15 is 0 Å². The highest BCUT2D eigenvalue weighted by Crippen LogP contribution is 2.19. The van der Waals surface area contributed by atoms with E-state index in [0.29, 0.717) is 5.11 Å². The summed E-state index contributed by atoms with van der Waals surface area (Å²) in [6, 6.07) is 0. The normalized spacial score (nSPS) is 17.8. The Kier molecular flexibility index (Phi) is 5.82. The first-order valence-electron chi connectivity index (χ1n) is 5.15. The number of nitrogens with one attached hydrogen (secondary N) is 2. The maximum absolute atomic E-state index is 5.30. The summed E-state index contributed by atoms with van der Waals surface area (Å²) >= 11 is 4.86. The number of hydrogen-bond acceptors (Lipinski definition) is 3. The summed E-state index contributed by atoms with van der Waals surface area (Å²) in [6.45, 7) is 2.77. The van der Waals surface area contributed by atoms with Gasteiger partial charge in [0, 0.05) is 19.8 Å². The molecular formula is C9H19N3OS. The minimum absolute atomic E-state index is 0.525. The zero-order valence-electron chi connectivity index (χ0n) is 8.42. The fraction of sp³-hybridized carbons (Fsp3) is 0.889. The van der Waals surface area contributed by atoms with Crippen molar-refractivity contribution in [3.8, 4) is 0 Å². The minimum atomic E-state index is 0.525. The molecule has 82 valence electrons. The van der Waals surface area contributed by atoms with Gasteiger partial charge in [0.05, 0.1) is 0 Å². The lowest BCUT2D eigenvalue weighted by molar-refractivity contribution is 0.0634. The summed E-state index contributed by atoms with van der Waals surface area (Å²) < 4.78 is 5.30. The highest BCUT2D eigenvalue weighted by atomic mass is 32.1. The van der Waals surface area contributed by atoms with Gasteiger partial charge in [0.25, 0.3) is 0 Å². The Hall–Kier alpha value is -0.390. The van der Waals surface area contributed by atoms with Crippen LogP contribution in [0.1, 0.15) is 25.7 Å². The molecule has 5 heteroatoms. The van der Waals surface area contributed by atoms with E-state index in [0.717, 1.165) is 32.1 Å². The van der Waals surface area contributed by atoms with E-state index in [1.54, 1.807) is 0 Å². The zero-order chi connectivity index (χ0) is 10.2. The van der Waals surface area contributed by atoms with Gasteiger partial charge in [-0.2, -0.15) is 0 Å². The first-order chi connectivity index (χ1) is 6.83. The van der Waals surface area contributed by atoms with Gasteiger partial charge in [0.15, 0.2) is 5.11 Å². The molecule has 0 spiro atoms. The molecule has 0 aromatic carbocycles. The molecule has 0 unspecified atom stereocenters. The predicted octanol–water partition coefficient (Wildman–Crippen LogP) is 0.531. The number of hydrazine groups is 1. The Morgan fingerprint density at radius 1 is 1.43 bits per heavy atom. The fourth-order valence-corrected chi connectivity index (χ4v) is 1.78. The second kappa shape index (κ2) is 6.98. The summed E-state index contributed by atoms with van der Waals surface area (Å²) in [7, 11) is 0. The van der Waals surface area contributed by atoms with Gasteiger partial charge in [-0.15, -0.1) is 0 Å². The second-order valence-corrected chi connectivity index (χ2v) is 4.01. The molecule has 4 nitrogen and oxygen atoms in total. The van der Waals surface area contributed by atoms with Crippen LogP contribution in [0.4, 0.5) is 0 Å². The van der Waals surface area contributed by atoms with E-state index < -0.39 is 0 Å². The van der Waals surface area contributed by atoms with Crippen LogP contribution in [-0.4, -0.2) is 24.9 Å². The topological polar surface area (TPSA) is 59.3 Å². The van der Waals surface area contributed by atoms with Crippen molar-refractivity contribution in [2.45, 2.75) is 25.7 Å². The fourth-order valence-electron chi connectivity index (χ4n) is 1.68. The van der Waals surface area contributed by atoms with Gasteiger partial charge in [-0.05, 0) is 43.8 Å². The molecule has 1 saturated heterocycles. The van der Waals surface area contributed by atoms with Crippen molar-refractivity contribution >= 4 is 17.3 Å². The van der Waals surface area contributed by atoms with Gasteiger partial charge < -0.3 is 15.5 Å². The van der Waals surface area contributed by atoms with Crippen molar-refractivity contribution in [2.24, 2.45) is 11.8 Å². The lowest BCUT2D eigenvalue weighted by Gasteiger charge is -2.21. The Labute approximate surface area is 90.5 Å². The first kappa shape index (κ1) is 11.7. The van der Waals surface area contributed by atoms with Gasteiger partial charge in [-0.25, -0.2) is 5.84 Å². The molecule has 0 bridgehead atoms. The molecule has 0 atom stereocenters. The van der Waals surface area contributed by atoms with Crippen molar-refractivity contribution in [2.75, 3.05) is 19.8 Å². The van der Waals surface area contributed by atoms with Gasteiger partial charge in [-0.1, -0.05) is 0 Å². The van der Waals surface area contributed by atoms with E-state index in [1.165, 1.54) is 19.3 Å². The average Bonchev–Trinajstić information content (AvgIpc) is 2.25. The summed E-state index contributed by atoms with van der Waals surface area (Å²) in [4.78, 5) is 0. The van der Waals surface area contributed by atoms with E-state index in [1.807, 2.05) is 0 Å². The Balaban J connectivity index is 1.94. The number of ether oxygens (including phenoxy) is 1. The SMILES string of the molecule is NNC(=S)NCCCC1CCOCC1. The molecule has 4 N–H and O–H groups in total. The number of nitrogens with two attached hydrogens (primary N) is 1. The standard InChI is InChI=1S/C9H19N3OS/c10-12-9(14)11-5-1-2-8-3-6-13-7-4-8/h8H,1-7,10H2,(H2,11,12,14). The molecule has 1 aliphatic heterocycles. The number of hydrogen-bond donors (Lipinski definition) is 3. The van der Waals surface area contributed by atoms with Crippen LogP contribution in [0.3, 0.4) is 0 Å². The average molecular weight is 217 g/mol. The molecule has 0 saturated carbocycles. The highest BCUT2D eigenvalue weighted by Gasteiger charge is 2.12.